The molecule has 0 aliphatic carbocycles. The summed E-state index contributed by atoms with van der Waals surface area (Å²) in [6.07, 6.45) is 0. The Bertz CT molecular complexity index is 1080. The zero-order valence-corrected chi connectivity index (χ0v) is 14.0. The second-order valence-corrected chi connectivity index (χ2v) is 5.66. The van der Waals surface area contributed by atoms with Crippen LogP contribution >= 0.6 is 0 Å². The van der Waals surface area contributed by atoms with E-state index in [0.717, 1.165) is 0 Å². The Kier molecular flexibility index (Phi) is 4.75. The summed E-state index contributed by atoms with van der Waals surface area (Å²) in [5.41, 5.74) is 4.79. The number of nitrogens with one attached hydrogen (secondary N) is 2. The zero-order valence-electron chi connectivity index (χ0n) is 14.0. The number of hydrogen-bond acceptors (Lipinski definition) is 5. The van der Waals surface area contributed by atoms with Gasteiger partial charge in [0, 0.05) is 17.1 Å². The molecule has 27 heavy (non-hydrogen) atoms. The number of rotatable bonds is 3. The molecule has 3 rings (SSSR count). The SMILES string of the molecule is Cc1cc(C(=O)NNC(=O)c2ccccc2[N+](=O)[O-])c2cc(F)ccc2n1. The first-order valence-corrected chi connectivity index (χ1v) is 7.78. The van der Waals surface area contributed by atoms with E-state index in [1.807, 2.05) is 0 Å². The molecule has 0 fully saturated rings. The standard InChI is InChI=1S/C18H13FN4O4/c1-10-8-14(13-9-11(19)6-7-15(13)20-10)18(25)22-21-17(24)12-4-2-3-5-16(12)23(26)27/h2-9H,1H3,(H,21,24)(H,22,25). The molecule has 0 spiro atoms. The molecule has 8 nitrogen and oxygen atoms in total. The van der Waals surface area contributed by atoms with E-state index in [9.17, 15) is 24.1 Å². The molecule has 1 aromatic heterocycles. The van der Waals surface area contributed by atoms with Crippen LogP contribution in [0.3, 0.4) is 0 Å². The summed E-state index contributed by atoms with van der Waals surface area (Å²) in [5, 5.41) is 11.3. The van der Waals surface area contributed by atoms with Gasteiger partial charge in [-0.15, -0.1) is 0 Å². The van der Waals surface area contributed by atoms with Crippen LogP contribution in [-0.4, -0.2) is 21.7 Å². The van der Waals surface area contributed by atoms with Gasteiger partial charge in [0.15, 0.2) is 0 Å². The smallest absolute Gasteiger partial charge is 0.267 e. The Labute approximate surface area is 152 Å². The van der Waals surface area contributed by atoms with Crippen molar-refractivity contribution in [1.29, 1.82) is 0 Å². The number of hydrogen-bond donors (Lipinski definition) is 2. The van der Waals surface area contributed by atoms with Crippen LogP contribution in [0.5, 0.6) is 0 Å². The van der Waals surface area contributed by atoms with Crippen LogP contribution in [0.2, 0.25) is 0 Å². The molecule has 0 radical (unpaired) electrons. The lowest BCUT2D eigenvalue weighted by molar-refractivity contribution is -0.385. The van der Waals surface area contributed by atoms with Gasteiger partial charge in [0.05, 0.1) is 16.0 Å². The molecule has 2 N–H and O–H groups in total. The molecular formula is C18H13FN4O4. The summed E-state index contributed by atoms with van der Waals surface area (Å²) < 4.78 is 13.5. The number of nitro benzene ring substituents is 1. The first kappa shape index (κ1) is 17.9. The van der Waals surface area contributed by atoms with Crippen molar-refractivity contribution in [3.63, 3.8) is 0 Å². The number of carbonyl (C=O) groups is 2. The molecule has 0 unspecified atom stereocenters. The lowest BCUT2D eigenvalue weighted by atomic mass is 10.1. The molecule has 0 saturated carbocycles. The van der Waals surface area contributed by atoms with Gasteiger partial charge in [-0.3, -0.25) is 35.5 Å². The highest BCUT2D eigenvalue weighted by Crippen LogP contribution is 2.20. The largest absolute Gasteiger partial charge is 0.282 e. The zero-order chi connectivity index (χ0) is 19.6. The van der Waals surface area contributed by atoms with Gasteiger partial charge in [-0.05, 0) is 37.3 Å². The molecule has 0 bridgehead atoms. The quantitative estimate of drug-likeness (QED) is 0.545. The summed E-state index contributed by atoms with van der Waals surface area (Å²) in [4.78, 5) is 39.2. The van der Waals surface area contributed by atoms with Crippen LogP contribution in [-0.2, 0) is 0 Å². The number of pyridine rings is 1. The fourth-order valence-corrected chi connectivity index (χ4v) is 2.59. The molecule has 9 heteroatoms. The molecule has 2 amide bonds. The minimum Gasteiger partial charge on any atom is -0.267 e. The lowest BCUT2D eigenvalue weighted by Crippen LogP contribution is -2.42. The molecule has 0 saturated heterocycles. The van der Waals surface area contributed by atoms with Gasteiger partial charge >= 0.3 is 0 Å². The van der Waals surface area contributed by atoms with Crippen molar-refractivity contribution in [3.8, 4) is 0 Å². The van der Waals surface area contributed by atoms with Crippen LogP contribution in [0.4, 0.5) is 10.1 Å². The second-order valence-electron chi connectivity index (χ2n) is 5.66. The van der Waals surface area contributed by atoms with E-state index in [4.69, 9.17) is 0 Å². The predicted octanol–water partition coefficient (Wildman–Crippen LogP) is 2.67. The first-order valence-electron chi connectivity index (χ1n) is 7.78. The van der Waals surface area contributed by atoms with Crippen LogP contribution in [0.25, 0.3) is 10.9 Å². The molecule has 0 atom stereocenters. The Balaban J connectivity index is 1.85. The van der Waals surface area contributed by atoms with Gasteiger partial charge in [-0.2, -0.15) is 0 Å². The molecule has 0 aliphatic heterocycles. The lowest BCUT2D eigenvalue weighted by Gasteiger charge is -2.10. The predicted molar refractivity (Wildman–Crippen MR) is 94.5 cm³/mol. The molecule has 1 heterocycles. The Morgan fingerprint density at radius 2 is 1.70 bits per heavy atom. The number of aryl methyl sites for hydroxylation is 1. The number of aromatic nitrogens is 1. The minimum atomic E-state index is -0.850. The second kappa shape index (κ2) is 7.16. The topological polar surface area (TPSA) is 114 Å². The first-order chi connectivity index (χ1) is 12.9. The third kappa shape index (κ3) is 3.71. The minimum absolute atomic E-state index is 0.111. The average molecular weight is 368 g/mol. The highest BCUT2D eigenvalue weighted by molar-refractivity contribution is 6.07. The molecule has 136 valence electrons. The number of halogens is 1. The number of para-hydroxylation sites is 1. The van der Waals surface area contributed by atoms with E-state index >= 15 is 0 Å². The van der Waals surface area contributed by atoms with Crippen molar-refractivity contribution in [2.24, 2.45) is 0 Å². The van der Waals surface area contributed by atoms with Crippen LogP contribution < -0.4 is 10.9 Å². The third-order valence-corrected chi connectivity index (χ3v) is 3.78. The average Bonchev–Trinajstić information content (AvgIpc) is 2.65. The van der Waals surface area contributed by atoms with Gasteiger partial charge < -0.3 is 0 Å². The maximum absolute atomic E-state index is 13.5. The number of fused-ring (bicyclic) bond motifs is 1. The monoisotopic (exact) mass is 368 g/mol. The van der Waals surface area contributed by atoms with Crippen molar-refractivity contribution in [3.05, 3.63) is 81.3 Å². The summed E-state index contributed by atoms with van der Waals surface area (Å²) in [6, 6.07) is 10.6. The number of amides is 2. The maximum Gasteiger partial charge on any atom is 0.282 e. The number of hydrazine groups is 1. The molecule has 0 aliphatic rings. The number of carbonyl (C=O) groups excluding carboxylic acids is 2. The fraction of sp³-hybridized carbons (Fsp3) is 0.0556. The van der Waals surface area contributed by atoms with Crippen LogP contribution in [0.1, 0.15) is 26.4 Å². The van der Waals surface area contributed by atoms with Crippen molar-refractivity contribution >= 4 is 28.4 Å². The van der Waals surface area contributed by atoms with E-state index in [-0.39, 0.29) is 16.5 Å². The van der Waals surface area contributed by atoms with Crippen molar-refractivity contribution < 1.29 is 18.9 Å². The van der Waals surface area contributed by atoms with Crippen molar-refractivity contribution in [1.82, 2.24) is 15.8 Å². The van der Waals surface area contributed by atoms with E-state index in [0.29, 0.717) is 11.2 Å². The van der Waals surface area contributed by atoms with Gasteiger partial charge in [-0.1, -0.05) is 12.1 Å². The van der Waals surface area contributed by atoms with Crippen molar-refractivity contribution in [2.45, 2.75) is 6.92 Å². The number of benzene rings is 2. The summed E-state index contributed by atoms with van der Waals surface area (Å²) in [7, 11) is 0. The number of nitrogens with zero attached hydrogens (tertiary/aromatic N) is 2. The molecular weight excluding hydrogens is 355 g/mol. The van der Waals surface area contributed by atoms with Gasteiger partial charge in [0.25, 0.3) is 17.5 Å². The Morgan fingerprint density at radius 1 is 1.04 bits per heavy atom. The van der Waals surface area contributed by atoms with E-state index in [1.54, 1.807) is 6.92 Å². The molecule has 3 aromatic rings. The molecule has 2 aromatic carbocycles. The Hall–Kier alpha value is -3.88. The van der Waals surface area contributed by atoms with Crippen molar-refractivity contribution in [2.75, 3.05) is 0 Å². The highest BCUT2D eigenvalue weighted by atomic mass is 19.1. The van der Waals surface area contributed by atoms with E-state index in [1.165, 1.54) is 48.5 Å². The Morgan fingerprint density at radius 3 is 2.41 bits per heavy atom. The van der Waals surface area contributed by atoms with Gasteiger partial charge in [-0.25, -0.2) is 4.39 Å². The third-order valence-electron chi connectivity index (χ3n) is 3.78. The van der Waals surface area contributed by atoms with E-state index in [2.05, 4.69) is 15.8 Å². The summed E-state index contributed by atoms with van der Waals surface area (Å²) >= 11 is 0. The van der Waals surface area contributed by atoms with Crippen LogP contribution in [0.15, 0.2) is 48.5 Å². The summed E-state index contributed by atoms with van der Waals surface area (Å²) in [5.74, 6) is -2.09. The number of nitro groups is 1. The summed E-state index contributed by atoms with van der Waals surface area (Å²) in [6.45, 7) is 1.67. The normalized spacial score (nSPS) is 10.4. The van der Waals surface area contributed by atoms with Gasteiger partial charge in [0.2, 0.25) is 0 Å². The fourth-order valence-electron chi connectivity index (χ4n) is 2.59. The maximum atomic E-state index is 13.5. The van der Waals surface area contributed by atoms with E-state index < -0.39 is 28.2 Å². The highest BCUT2D eigenvalue weighted by Gasteiger charge is 2.20. The van der Waals surface area contributed by atoms with Crippen LogP contribution in [0, 0.1) is 22.9 Å². The van der Waals surface area contributed by atoms with Gasteiger partial charge in [0.1, 0.15) is 11.4 Å².